The van der Waals surface area contributed by atoms with Crippen LogP contribution in [0.5, 0.6) is 0 Å². The summed E-state index contributed by atoms with van der Waals surface area (Å²) >= 11 is 3.37. The minimum Gasteiger partial charge on any atom is -0.318 e. The van der Waals surface area contributed by atoms with Crippen molar-refractivity contribution in [2.45, 2.75) is 27.7 Å². The van der Waals surface area contributed by atoms with E-state index in [9.17, 15) is 4.79 Å². The van der Waals surface area contributed by atoms with E-state index in [1.807, 2.05) is 12.1 Å². The van der Waals surface area contributed by atoms with Gasteiger partial charge in [0.05, 0.1) is 6.21 Å². The molecule has 0 spiro atoms. The van der Waals surface area contributed by atoms with Crippen LogP contribution >= 0.6 is 15.9 Å². The predicted octanol–water partition coefficient (Wildman–Crippen LogP) is 5.24. The number of rotatable bonds is 4. The number of benzene rings is 2. The van der Waals surface area contributed by atoms with Crippen molar-refractivity contribution >= 4 is 28.1 Å². The molecule has 5 heteroatoms. The van der Waals surface area contributed by atoms with E-state index in [1.54, 1.807) is 18.3 Å². The Labute approximate surface area is 168 Å². The van der Waals surface area contributed by atoms with E-state index in [1.165, 1.54) is 11.1 Å². The standard InChI is InChI=1S/C22H22BrN3O/c1-14-8-15(2)10-21(9-14)26-16(3)11-19(17(26)4)13-24-25-22(27)18-6-5-7-20(23)12-18/h5-13H,1-4H3,(H,25,27)/b24-13-. The lowest BCUT2D eigenvalue weighted by atomic mass is 10.1. The smallest absolute Gasteiger partial charge is 0.271 e. The summed E-state index contributed by atoms with van der Waals surface area (Å²) in [6.07, 6.45) is 1.69. The molecule has 0 aliphatic rings. The summed E-state index contributed by atoms with van der Waals surface area (Å²) in [5, 5.41) is 4.14. The normalized spacial score (nSPS) is 11.1. The summed E-state index contributed by atoms with van der Waals surface area (Å²) < 4.78 is 3.06. The molecule has 0 unspecified atom stereocenters. The van der Waals surface area contributed by atoms with E-state index in [2.05, 4.69) is 83.0 Å². The molecule has 2 aromatic carbocycles. The zero-order valence-electron chi connectivity index (χ0n) is 15.9. The number of carbonyl (C=O) groups is 1. The molecule has 0 saturated heterocycles. The number of carbonyl (C=O) groups excluding carboxylic acids is 1. The molecule has 3 aromatic rings. The molecule has 0 fully saturated rings. The molecule has 1 aromatic heterocycles. The molecule has 3 rings (SSSR count). The van der Waals surface area contributed by atoms with Crippen LogP contribution in [0.4, 0.5) is 0 Å². The Bertz CT molecular complexity index is 1010. The van der Waals surface area contributed by atoms with E-state index >= 15 is 0 Å². The molecule has 1 N–H and O–H groups in total. The largest absolute Gasteiger partial charge is 0.318 e. The summed E-state index contributed by atoms with van der Waals surface area (Å²) in [5.41, 5.74) is 9.92. The highest BCUT2D eigenvalue weighted by molar-refractivity contribution is 9.10. The fourth-order valence-electron chi connectivity index (χ4n) is 3.25. The van der Waals surface area contributed by atoms with Crippen molar-refractivity contribution in [3.05, 3.63) is 86.6 Å². The molecule has 1 amide bonds. The third-order valence-electron chi connectivity index (χ3n) is 4.39. The third-order valence-corrected chi connectivity index (χ3v) is 4.88. The van der Waals surface area contributed by atoms with Crippen LogP contribution in [-0.4, -0.2) is 16.7 Å². The fourth-order valence-corrected chi connectivity index (χ4v) is 3.65. The highest BCUT2D eigenvalue weighted by atomic mass is 79.9. The Morgan fingerprint density at radius 1 is 1.04 bits per heavy atom. The number of aryl methyl sites for hydroxylation is 3. The molecule has 0 radical (unpaired) electrons. The quantitative estimate of drug-likeness (QED) is 0.452. The maximum Gasteiger partial charge on any atom is 0.271 e. The number of halogens is 1. The number of nitrogens with zero attached hydrogens (tertiary/aromatic N) is 2. The monoisotopic (exact) mass is 423 g/mol. The van der Waals surface area contributed by atoms with Crippen LogP contribution in [0.2, 0.25) is 0 Å². The second kappa shape index (κ2) is 7.92. The molecule has 0 aliphatic heterocycles. The summed E-state index contributed by atoms with van der Waals surface area (Å²) in [6.45, 7) is 8.33. The van der Waals surface area contributed by atoms with Gasteiger partial charge in [-0.25, -0.2) is 5.43 Å². The number of nitrogens with one attached hydrogen (secondary N) is 1. The average Bonchev–Trinajstić information content (AvgIpc) is 2.87. The minimum atomic E-state index is -0.240. The number of hydrazone groups is 1. The molecule has 0 atom stereocenters. The van der Waals surface area contributed by atoms with Crippen molar-refractivity contribution in [2.24, 2.45) is 5.10 Å². The zero-order chi connectivity index (χ0) is 19.6. The van der Waals surface area contributed by atoms with Crippen molar-refractivity contribution < 1.29 is 4.79 Å². The molecule has 1 heterocycles. The number of hydrogen-bond donors (Lipinski definition) is 1. The van der Waals surface area contributed by atoms with Crippen molar-refractivity contribution in [2.75, 3.05) is 0 Å². The van der Waals surface area contributed by atoms with Gasteiger partial charge in [-0.3, -0.25) is 4.79 Å². The van der Waals surface area contributed by atoms with E-state index < -0.39 is 0 Å². The molecular formula is C22H22BrN3O. The van der Waals surface area contributed by atoms with Gasteiger partial charge in [-0.15, -0.1) is 0 Å². The van der Waals surface area contributed by atoms with Crippen LogP contribution in [0.3, 0.4) is 0 Å². The van der Waals surface area contributed by atoms with E-state index in [0.29, 0.717) is 5.56 Å². The highest BCUT2D eigenvalue weighted by Gasteiger charge is 2.10. The molecule has 0 saturated carbocycles. The zero-order valence-corrected chi connectivity index (χ0v) is 17.5. The Morgan fingerprint density at radius 2 is 1.74 bits per heavy atom. The first-order chi connectivity index (χ1) is 12.8. The first-order valence-electron chi connectivity index (χ1n) is 8.72. The van der Waals surface area contributed by atoms with E-state index in [0.717, 1.165) is 27.1 Å². The third kappa shape index (κ3) is 4.37. The molecule has 0 aliphatic carbocycles. The Hall–Kier alpha value is -2.66. The fraction of sp³-hybridized carbons (Fsp3) is 0.182. The second-order valence-corrected chi connectivity index (χ2v) is 7.63. The van der Waals surface area contributed by atoms with Gasteiger partial charge in [-0.1, -0.05) is 28.1 Å². The van der Waals surface area contributed by atoms with Crippen molar-refractivity contribution in [1.29, 1.82) is 0 Å². The molecule has 138 valence electrons. The maximum absolute atomic E-state index is 12.2. The van der Waals surface area contributed by atoms with Gasteiger partial charge in [0.2, 0.25) is 0 Å². The summed E-state index contributed by atoms with van der Waals surface area (Å²) in [5.74, 6) is -0.240. The highest BCUT2D eigenvalue weighted by Crippen LogP contribution is 2.22. The van der Waals surface area contributed by atoms with Gasteiger partial charge in [-0.2, -0.15) is 5.10 Å². The minimum absolute atomic E-state index is 0.240. The molecular weight excluding hydrogens is 402 g/mol. The van der Waals surface area contributed by atoms with Crippen LogP contribution in [0, 0.1) is 27.7 Å². The topological polar surface area (TPSA) is 46.4 Å². The van der Waals surface area contributed by atoms with Crippen LogP contribution in [0.1, 0.15) is 38.4 Å². The number of hydrogen-bond acceptors (Lipinski definition) is 2. The van der Waals surface area contributed by atoms with E-state index in [-0.39, 0.29) is 5.91 Å². The first-order valence-corrected chi connectivity index (χ1v) is 9.51. The maximum atomic E-state index is 12.2. The molecule has 27 heavy (non-hydrogen) atoms. The Balaban J connectivity index is 1.82. The summed E-state index contributed by atoms with van der Waals surface area (Å²) in [7, 11) is 0. The van der Waals surface area contributed by atoms with Crippen LogP contribution < -0.4 is 5.43 Å². The molecule has 4 nitrogen and oxygen atoms in total. The van der Waals surface area contributed by atoms with Crippen LogP contribution in [-0.2, 0) is 0 Å². The van der Waals surface area contributed by atoms with Crippen LogP contribution in [0.15, 0.2) is 58.1 Å². The van der Waals surface area contributed by atoms with Gasteiger partial charge >= 0.3 is 0 Å². The number of amides is 1. The Morgan fingerprint density at radius 3 is 2.41 bits per heavy atom. The van der Waals surface area contributed by atoms with Crippen molar-refractivity contribution in [3.63, 3.8) is 0 Å². The van der Waals surface area contributed by atoms with Gasteiger partial charge in [0.15, 0.2) is 0 Å². The SMILES string of the molecule is Cc1cc(C)cc(-n2c(C)cc(/C=N\NC(=O)c3cccc(Br)c3)c2C)c1. The predicted molar refractivity (Wildman–Crippen MR) is 114 cm³/mol. The van der Waals surface area contributed by atoms with Gasteiger partial charge in [0, 0.05) is 32.7 Å². The lowest BCUT2D eigenvalue weighted by Crippen LogP contribution is -2.17. The van der Waals surface area contributed by atoms with Gasteiger partial charge in [-0.05, 0) is 75.2 Å². The summed E-state index contributed by atoms with van der Waals surface area (Å²) in [6, 6.07) is 15.8. The summed E-state index contributed by atoms with van der Waals surface area (Å²) in [4.78, 5) is 12.2. The first kappa shape index (κ1) is 19.1. The van der Waals surface area contributed by atoms with Gasteiger partial charge in [0.1, 0.15) is 0 Å². The van der Waals surface area contributed by atoms with Crippen LogP contribution in [0.25, 0.3) is 5.69 Å². The van der Waals surface area contributed by atoms with E-state index in [4.69, 9.17) is 0 Å². The van der Waals surface area contributed by atoms with Gasteiger partial charge in [0.25, 0.3) is 5.91 Å². The lowest BCUT2D eigenvalue weighted by Gasteiger charge is -2.11. The molecule has 0 bridgehead atoms. The average molecular weight is 424 g/mol. The second-order valence-electron chi connectivity index (χ2n) is 6.72. The van der Waals surface area contributed by atoms with Crippen molar-refractivity contribution in [3.8, 4) is 5.69 Å². The number of aromatic nitrogens is 1. The van der Waals surface area contributed by atoms with Crippen molar-refractivity contribution in [1.82, 2.24) is 9.99 Å². The lowest BCUT2D eigenvalue weighted by molar-refractivity contribution is 0.0955. The van der Waals surface area contributed by atoms with Gasteiger partial charge < -0.3 is 4.57 Å². The Kier molecular flexibility index (Phi) is 5.61.